The van der Waals surface area contributed by atoms with Crippen LogP contribution in [0.15, 0.2) is 0 Å². The predicted octanol–water partition coefficient (Wildman–Crippen LogP) is 0.276. The van der Waals surface area contributed by atoms with Crippen molar-refractivity contribution >= 4 is 5.91 Å². The number of nitrogens with two attached hydrogens (primary N) is 1. The average Bonchev–Trinajstić information content (AvgIpc) is 2.26. The molecule has 0 aromatic carbocycles. The molecule has 1 aliphatic rings. The lowest BCUT2D eigenvalue weighted by atomic mass is 10.0. The minimum absolute atomic E-state index is 0.0813. The molecule has 0 radical (unpaired) electrons. The van der Waals surface area contributed by atoms with Crippen LogP contribution in [0.3, 0.4) is 0 Å². The van der Waals surface area contributed by atoms with Gasteiger partial charge in [-0.1, -0.05) is 6.92 Å². The van der Waals surface area contributed by atoms with Crippen molar-refractivity contribution < 1.29 is 4.79 Å². The van der Waals surface area contributed by atoms with E-state index in [0.717, 1.165) is 19.5 Å². The number of hydrogen-bond acceptors (Lipinski definition) is 3. The molecule has 0 bridgehead atoms. The fourth-order valence-electron chi connectivity index (χ4n) is 2.07. The highest BCUT2D eigenvalue weighted by atomic mass is 16.2. The highest BCUT2D eigenvalue weighted by Gasteiger charge is 2.26. The Balaban J connectivity index is 2.51. The number of carbonyl (C=O) groups excluding carboxylic acids is 1. The molecule has 88 valence electrons. The quantitative estimate of drug-likeness (QED) is 0.732. The second-order valence-electron chi connectivity index (χ2n) is 4.52. The van der Waals surface area contributed by atoms with Crippen molar-refractivity contribution in [1.82, 2.24) is 9.80 Å². The van der Waals surface area contributed by atoms with E-state index in [1.807, 2.05) is 18.9 Å². The molecule has 4 heteroatoms. The predicted molar refractivity (Wildman–Crippen MR) is 61.6 cm³/mol. The maximum Gasteiger partial charge on any atom is 0.239 e. The van der Waals surface area contributed by atoms with E-state index in [0.29, 0.717) is 12.5 Å². The number of carbonyl (C=O) groups is 1. The first kappa shape index (κ1) is 12.5. The van der Waals surface area contributed by atoms with Crippen molar-refractivity contribution in [3.05, 3.63) is 0 Å². The van der Waals surface area contributed by atoms with Crippen molar-refractivity contribution in [2.24, 2.45) is 5.73 Å². The number of nitrogens with zero attached hydrogens (tertiary/aromatic N) is 2. The lowest BCUT2D eigenvalue weighted by Crippen LogP contribution is -2.51. The Labute approximate surface area is 92.4 Å². The zero-order valence-electron chi connectivity index (χ0n) is 10.1. The van der Waals surface area contributed by atoms with E-state index in [1.54, 1.807) is 0 Å². The van der Waals surface area contributed by atoms with E-state index in [-0.39, 0.29) is 11.9 Å². The normalized spacial score (nSPS) is 24.9. The summed E-state index contributed by atoms with van der Waals surface area (Å²) in [5, 5.41) is 0. The van der Waals surface area contributed by atoms with Crippen LogP contribution in [0.1, 0.15) is 26.2 Å². The average molecular weight is 213 g/mol. The van der Waals surface area contributed by atoms with Gasteiger partial charge >= 0.3 is 0 Å². The molecule has 4 nitrogen and oxygen atoms in total. The van der Waals surface area contributed by atoms with Gasteiger partial charge < -0.3 is 15.5 Å². The molecule has 1 amide bonds. The van der Waals surface area contributed by atoms with Gasteiger partial charge in [-0.3, -0.25) is 4.79 Å². The Hall–Kier alpha value is -0.610. The molecule has 2 unspecified atom stereocenters. The van der Waals surface area contributed by atoms with E-state index >= 15 is 0 Å². The number of piperidine rings is 1. The van der Waals surface area contributed by atoms with Gasteiger partial charge in [0.1, 0.15) is 0 Å². The lowest BCUT2D eigenvalue weighted by Gasteiger charge is -2.36. The minimum atomic E-state index is -0.331. The van der Waals surface area contributed by atoms with Crippen LogP contribution >= 0.6 is 0 Å². The van der Waals surface area contributed by atoms with E-state index in [9.17, 15) is 4.79 Å². The summed E-state index contributed by atoms with van der Waals surface area (Å²) in [4.78, 5) is 16.0. The van der Waals surface area contributed by atoms with E-state index in [1.165, 1.54) is 6.42 Å². The lowest BCUT2D eigenvalue weighted by molar-refractivity contribution is -0.134. The molecular formula is C11H23N3O. The third-order valence-electron chi connectivity index (χ3n) is 3.25. The smallest absolute Gasteiger partial charge is 0.239 e. The molecule has 1 fully saturated rings. The second kappa shape index (κ2) is 5.47. The number of amides is 1. The van der Waals surface area contributed by atoms with Crippen LogP contribution < -0.4 is 5.73 Å². The van der Waals surface area contributed by atoms with Crippen molar-refractivity contribution in [3.63, 3.8) is 0 Å². The highest BCUT2D eigenvalue weighted by molar-refractivity contribution is 5.81. The van der Waals surface area contributed by atoms with Crippen molar-refractivity contribution in [3.8, 4) is 0 Å². The summed E-state index contributed by atoms with van der Waals surface area (Å²) in [6, 6.07) is 0.0103. The Morgan fingerprint density at radius 2 is 2.33 bits per heavy atom. The first-order valence-electron chi connectivity index (χ1n) is 5.77. The number of hydrogen-bond donors (Lipinski definition) is 1. The summed E-state index contributed by atoms with van der Waals surface area (Å²) in [5.74, 6) is 0.0813. The van der Waals surface area contributed by atoms with Crippen molar-refractivity contribution in [2.75, 3.05) is 27.2 Å². The molecule has 1 saturated heterocycles. The Morgan fingerprint density at radius 1 is 1.67 bits per heavy atom. The summed E-state index contributed by atoms with van der Waals surface area (Å²) in [6.45, 7) is 4.06. The summed E-state index contributed by atoms with van der Waals surface area (Å²) < 4.78 is 0. The van der Waals surface area contributed by atoms with Gasteiger partial charge in [-0.25, -0.2) is 0 Å². The van der Waals surface area contributed by atoms with Crippen LogP contribution in [0, 0.1) is 0 Å². The maximum atomic E-state index is 11.9. The van der Waals surface area contributed by atoms with Gasteiger partial charge in [-0.15, -0.1) is 0 Å². The molecule has 0 aromatic heterocycles. The van der Waals surface area contributed by atoms with Crippen LogP contribution in [0.25, 0.3) is 0 Å². The van der Waals surface area contributed by atoms with Gasteiger partial charge in [0.15, 0.2) is 0 Å². The SMILES string of the molecule is CCC(N)C(=O)N(C)C1CCCN(C)C1. The maximum absolute atomic E-state index is 11.9. The van der Waals surface area contributed by atoms with Gasteiger partial charge in [-0.05, 0) is 32.9 Å². The fourth-order valence-corrected chi connectivity index (χ4v) is 2.07. The molecule has 0 aliphatic carbocycles. The van der Waals surface area contributed by atoms with Crippen molar-refractivity contribution in [2.45, 2.75) is 38.3 Å². The molecule has 0 spiro atoms. The summed E-state index contributed by atoms with van der Waals surface area (Å²) in [5.41, 5.74) is 5.75. The standard InChI is InChI=1S/C11H23N3O/c1-4-10(12)11(15)14(3)9-6-5-7-13(2)8-9/h9-10H,4-8,12H2,1-3H3. The Morgan fingerprint density at radius 3 is 2.87 bits per heavy atom. The molecule has 2 N–H and O–H groups in total. The van der Waals surface area contributed by atoms with Gasteiger partial charge in [0.25, 0.3) is 0 Å². The van der Waals surface area contributed by atoms with Crippen LogP contribution in [-0.4, -0.2) is 55.0 Å². The first-order valence-corrected chi connectivity index (χ1v) is 5.77. The monoisotopic (exact) mass is 213 g/mol. The van der Waals surface area contributed by atoms with E-state index in [2.05, 4.69) is 11.9 Å². The zero-order valence-corrected chi connectivity index (χ0v) is 10.1. The van der Waals surface area contributed by atoms with E-state index < -0.39 is 0 Å². The largest absolute Gasteiger partial charge is 0.340 e. The number of likely N-dealkylation sites (tertiary alicyclic amines) is 1. The zero-order chi connectivity index (χ0) is 11.4. The summed E-state index contributed by atoms with van der Waals surface area (Å²) in [7, 11) is 3.98. The number of rotatable bonds is 3. The topological polar surface area (TPSA) is 49.6 Å². The van der Waals surface area contributed by atoms with Crippen LogP contribution in [0.5, 0.6) is 0 Å². The fraction of sp³-hybridized carbons (Fsp3) is 0.909. The summed E-state index contributed by atoms with van der Waals surface area (Å²) >= 11 is 0. The van der Waals surface area contributed by atoms with Crippen LogP contribution in [-0.2, 0) is 4.79 Å². The van der Waals surface area contributed by atoms with Crippen molar-refractivity contribution in [1.29, 1.82) is 0 Å². The first-order chi connectivity index (χ1) is 7.06. The third-order valence-corrected chi connectivity index (χ3v) is 3.25. The Kier molecular flexibility index (Phi) is 4.54. The number of likely N-dealkylation sites (N-methyl/N-ethyl adjacent to an activating group) is 2. The van der Waals surface area contributed by atoms with Gasteiger partial charge in [0.05, 0.1) is 6.04 Å². The molecule has 0 aromatic rings. The molecule has 2 atom stereocenters. The highest BCUT2D eigenvalue weighted by Crippen LogP contribution is 2.14. The minimum Gasteiger partial charge on any atom is -0.340 e. The van der Waals surface area contributed by atoms with Gasteiger partial charge in [0, 0.05) is 19.6 Å². The molecule has 1 rings (SSSR count). The molecule has 1 heterocycles. The van der Waals surface area contributed by atoms with Crippen LogP contribution in [0.2, 0.25) is 0 Å². The van der Waals surface area contributed by atoms with Crippen LogP contribution in [0.4, 0.5) is 0 Å². The van der Waals surface area contributed by atoms with Gasteiger partial charge in [-0.2, -0.15) is 0 Å². The Bertz CT molecular complexity index is 220. The van der Waals surface area contributed by atoms with E-state index in [4.69, 9.17) is 5.73 Å². The molecule has 0 saturated carbocycles. The molecule has 1 aliphatic heterocycles. The molecular weight excluding hydrogens is 190 g/mol. The van der Waals surface area contributed by atoms with Gasteiger partial charge in [0.2, 0.25) is 5.91 Å². The second-order valence-corrected chi connectivity index (χ2v) is 4.52. The summed E-state index contributed by atoms with van der Waals surface area (Å²) in [6.07, 6.45) is 2.98. The molecule has 15 heavy (non-hydrogen) atoms. The third kappa shape index (κ3) is 3.18.